The van der Waals surface area contributed by atoms with Crippen molar-refractivity contribution < 1.29 is 14.3 Å². The van der Waals surface area contributed by atoms with Gasteiger partial charge in [-0.3, -0.25) is 9.59 Å². The van der Waals surface area contributed by atoms with Crippen LogP contribution in [-0.4, -0.2) is 41.8 Å². The minimum absolute atomic E-state index is 0.0175. The zero-order valence-electron chi connectivity index (χ0n) is 16.0. The fraction of sp³-hybridized carbons (Fsp3) is 0.286. The van der Waals surface area contributed by atoms with Crippen molar-refractivity contribution in [3.63, 3.8) is 0 Å². The van der Waals surface area contributed by atoms with Crippen molar-refractivity contribution in [1.29, 1.82) is 0 Å². The predicted molar refractivity (Wildman–Crippen MR) is 124 cm³/mol. The number of nitrogens with one attached hydrogen (secondary N) is 2. The van der Waals surface area contributed by atoms with Crippen LogP contribution in [0.1, 0.15) is 23.2 Å². The first-order chi connectivity index (χ1) is 14.6. The number of carbonyl (C=O) groups excluding carboxylic acids is 2. The first-order valence-electron chi connectivity index (χ1n) is 9.56. The highest BCUT2D eigenvalue weighted by Gasteiger charge is 2.16. The molecule has 0 saturated carbocycles. The smallest absolute Gasteiger partial charge is 0.256 e. The number of carbonyl (C=O) groups is 2. The van der Waals surface area contributed by atoms with E-state index in [4.69, 9.17) is 4.74 Å². The van der Waals surface area contributed by atoms with Gasteiger partial charge in [-0.25, -0.2) is 4.98 Å². The van der Waals surface area contributed by atoms with E-state index in [-0.39, 0.29) is 17.9 Å². The van der Waals surface area contributed by atoms with Crippen LogP contribution in [0.4, 0.5) is 5.69 Å². The lowest BCUT2D eigenvalue weighted by Gasteiger charge is -2.09. The lowest BCUT2D eigenvalue weighted by molar-refractivity contribution is -0.119. The van der Waals surface area contributed by atoms with Gasteiger partial charge in [-0.1, -0.05) is 23.9 Å². The Bertz CT molecular complexity index is 1070. The molecule has 1 aliphatic heterocycles. The molecule has 30 heavy (non-hydrogen) atoms. The normalized spacial score (nSPS) is 16.0. The second-order valence-corrected chi connectivity index (χ2v) is 9.93. The van der Waals surface area contributed by atoms with Gasteiger partial charge in [-0.15, -0.1) is 11.3 Å². The van der Waals surface area contributed by atoms with Crippen LogP contribution in [0.2, 0.25) is 0 Å². The van der Waals surface area contributed by atoms with Gasteiger partial charge in [0.2, 0.25) is 5.91 Å². The largest absolute Gasteiger partial charge is 0.376 e. The number of hydrogen-bond acceptors (Lipinski definition) is 6. The first-order valence-corrected chi connectivity index (χ1v) is 12.2. The molecular formula is C21H20BrN3O3S2. The van der Waals surface area contributed by atoms with Gasteiger partial charge in [-0.2, -0.15) is 0 Å². The summed E-state index contributed by atoms with van der Waals surface area (Å²) >= 11 is 6.33. The topological polar surface area (TPSA) is 80.3 Å². The molecule has 0 aliphatic carbocycles. The van der Waals surface area contributed by atoms with E-state index in [1.807, 2.05) is 36.4 Å². The Morgan fingerprint density at radius 1 is 1.27 bits per heavy atom. The number of thiazole rings is 1. The summed E-state index contributed by atoms with van der Waals surface area (Å²) in [5, 5.41) is 5.84. The molecule has 0 radical (unpaired) electrons. The van der Waals surface area contributed by atoms with Crippen molar-refractivity contribution in [2.24, 2.45) is 0 Å². The maximum atomic E-state index is 12.5. The highest BCUT2D eigenvalue weighted by molar-refractivity contribution is 9.10. The molecule has 1 atom stereocenters. The monoisotopic (exact) mass is 505 g/mol. The average Bonchev–Trinajstić information content (AvgIpc) is 3.40. The van der Waals surface area contributed by atoms with E-state index in [9.17, 15) is 9.59 Å². The van der Waals surface area contributed by atoms with Gasteiger partial charge in [0.05, 0.1) is 27.6 Å². The Hall–Kier alpha value is -1.94. The number of benzene rings is 2. The molecule has 1 saturated heterocycles. The molecule has 1 aliphatic rings. The average molecular weight is 506 g/mol. The Labute approximate surface area is 190 Å². The quantitative estimate of drug-likeness (QED) is 0.455. The SMILES string of the molecule is O=C(CSc1nc2ccc(NC(=O)c3ccccc3Br)cc2s1)NCC1CCCO1. The fourth-order valence-corrected chi connectivity index (χ4v) is 5.50. The first kappa shape index (κ1) is 21.3. The Balaban J connectivity index is 1.34. The van der Waals surface area contributed by atoms with Crippen LogP contribution in [0.15, 0.2) is 51.3 Å². The molecule has 9 heteroatoms. The second kappa shape index (κ2) is 9.91. The molecule has 1 unspecified atom stereocenters. The molecule has 6 nitrogen and oxygen atoms in total. The minimum Gasteiger partial charge on any atom is -0.376 e. The molecule has 2 aromatic carbocycles. The van der Waals surface area contributed by atoms with Gasteiger partial charge in [-0.05, 0) is 59.1 Å². The number of rotatable bonds is 7. The van der Waals surface area contributed by atoms with Crippen molar-refractivity contribution in [2.75, 3.05) is 24.2 Å². The molecule has 2 amide bonds. The molecule has 1 fully saturated rings. The number of ether oxygens (including phenoxy) is 1. The highest BCUT2D eigenvalue weighted by Crippen LogP contribution is 2.31. The second-order valence-electron chi connectivity index (χ2n) is 6.82. The molecule has 1 aromatic heterocycles. The van der Waals surface area contributed by atoms with Crippen molar-refractivity contribution in [3.8, 4) is 0 Å². The highest BCUT2D eigenvalue weighted by atomic mass is 79.9. The van der Waals surface area contributed by atoms with E-state index in [0.717, 1.165) is 38.5 Å². The molecule has 4 rings (SSSR count). The maximum Gasteiger partial charge on any atom is 0.256 e. The lowest BCUT2D eigenvalue weighted by atomic mass is 10.2. The predicted octanol–water partition coefficient (Wildman–Crippen LogP) is 4.70. The zero-order chi connectivity index (χ0) is 20.9. The summed E-state index contributed by atoms with van der Waals surface area (Å²) in [4.78, 5) is 29.1. The van der Waals surface area contributed by atoms with Gasteiger partial charge in [0, 0.05) is 23.3 Å². The third-order valence-corrected chi connectivity index (χ3v) is 7.48. The van der Waals surface area contributed by atoms with Crippen LogP contribution in [0.5, 0.6) is 0 Å². The standard InChI is InChI=1S/C21H20BrN3O3S2/c22-16-6-2-1-5-15(16)20(27)24-13-7-8-17-18(10-13)30-21(25-17)29-12-19(26)23-11-14-4-3-9-28-14/h1-2,5-8,10,14H,3-4,9,11-12H2,(H,23,26)(H,24,27). The van der Waals surface area contributed by atoms with E-state index in [1.165, 1.54) is 23.1 Å². The van der Waals surface area contributed by atoms with Crippen LogP contribution in [0, 0.1) is 0 Å². The molecule has 2 N–H and O–H groups in total. The van der Waals surface area contributed by atoms with Crippen molar-refractivity contribution in [3.05, 3.63) is 52.5 Å². The van der Waals surface area contributed by atoms with Crippen molar-refractivity contribution >= 4 is 66.7 Å². The third-order valence-electron chi connectivity index (χ3n) is 4.62. The lowest BCUT2D eigenvalue weighted by Crippen LogP contribution is -2.32. The van der Waals surface area contributed by atoms with Gasteiger partial charge in [0.25, 0.3) is 5.91 Å². The Morgan fingerprint density at radius 3 is 2.93 bits per heavy atom. The number of hydrogen-bond donors (Lipinski definition) is 2. The molecular weight excluding hydrogens is 486 g/mol. The van der Waals surface area contributed by atoms with E-state index >= 15 is 0 Å². The molecule has 156 valence electrons. The molecule has 2 heterocycles. The van der Waals surface area contributed by atoms with E-state index in [0.29, 0.717) is 23.5 Å². The van der Waals surface area contributed by atoms with Crippen LogP contribution in [0.25, 0.3) is 10.2 Å². The van der Waals surface area contributed by atoms with Crippen molar-refractivity contribution in [1.82, 2.24) is 10.3 Å². The summed E-state index contributed by atoms with van der Waals surface area (Å²) in [6.07, 6.45) is 2.21. The van der Waals surface area contributed by atoms with Crippen molar-refractivity contribution in [2.45, 2.75) is 23.3 Å². The van der Waals surface area contributed by atoms with E-state index < -0.39 is 0 Å². The maximum absolute atomic E-state index is 12.5. The molecule has 0 bridgehead atoms. The summed E-state index contributed by atoms with van der Waals surface area (Å²) in [6.45, 7) is 1.35. The summed E-state index contributed by atoms with van der Waals surface area (Å²) in [5.41, 5.74) is 2.13. The number of nitrogens with zero attached hydrogens (tertiary/aromatic N) is 1. The van der Waals surface area contributed by atoms with Crippen LogP contribution >= 0.6 is 39.0 Å². The van der Waals surface area contributed by atoms with Gasteiger partial charge >= 0.3 is 0 Å². The van der Waals surface area contributed by atoms with Gasteiger partial charge in [0.1, 0.15) is 0 Å². The van der Waals surface area contributed by atoms with Crippen LogP contribution < -0.4 is 10.6 Å². The Morgan fingerprint density at radius 2 is 2.13 bits per heavy atom. The summed E-state index contributed by atoms with van der Waals surface area (Å²) in [7, 11) is 0. The number of fused-ring (bicyclic) bond motifs is 1. The summed E-state index contributed by atoms with van der Waals surface area (Å²) in [5.74, 6) is 0.123. The number of amides is 2. The zero-order valence-corrected chi connectivity index (χ0v) is 19.2. The molecule has 3 aromatic rings. The Kier molecular flexibility index (Phi) is 7.04. The number of anilines is 1. The molecule has 0 spiro atoms. The van der Waals surface area contributed by atoms with E-state index in [1.54, 1.807) is 6.07 Å². The summed E-state index contributed by atoms with van der Waals surface area (Å²) < 4.78 is 8.05. The number of thioether (sulfide) groups is 1. The van der Waals surface area contributed by atoms with Gasteiger partial charge in [0.15, 0.2) is 4.34 Å². The third kappa shape index (κ3) is 5.40. The minimum atomic E-state index is -0.177. The van der Waals surface area contributed by atoms with Crippen LogP contribution in [-0.2, 0) is 9.53 Å². The number of aromatic nitrogens is 1. The number of halogens is 1. The fourth-order valence-electron chi connectivity index (χ4n) is 3.10. The van der Waals surface area contributed by atoms with Crippen LogP contribution in [0.3, 0.4) is 0 Å². The summed E-state index contributed by atoms with van der Waals surface area (Å²) in [6, 6.07) is 12.9. The van der Waals surface area contributed by atoms with E-state index in [2.05, 4.69) is 31.5 Å². The van der Waals surface area contributed by atoms with Gasteiger partial charge < -0.3 is 15.4 Å².